The molecule has 22 heavy (non-hydrogen) atoms. The van der Waals surface area contributed by atoms with Crippen LogP contribution in [0.1, 0.15) is 6.92 Å². The molecule has 0 spiro atoms. The third-order valence-corrected chi connectivity index (χ3v) is 4.23. The zero-order valence-corrected chi connectivity index (χ0v) is 13.2. The maximum Gasteiger partial charge on any atom is 0.125 e. The van der Waals surface area contributed by atoms with E-state index in [9.17, 15) is 4.39 Å². The van der Waals surface area contributed by atoms with Gasteiger partial charge < -0.3 is 10.2 Å². The van der Waals surface area contributed by atoms with Gasteiger partial charge in [0.25, 0.3) is 0 Å². The van der Waals surface area contributed by atoms with Gasteiger partial charge in [0.15, 0.2) is 0 Å². The molecule has 1 aliphatic heterocycles. The summed E-state index contributed by atoms with van der Waals surface area (Å²) in [5, 5.41) is 4.51. The third kappa shape index (κ3) is 3.54. The minimum Gasteiger partial charge on any atom is -0.381 e. The van der Waals surface area contributed by atoms with E-state index in [2.05, 4.69) is 34.1 Å². The lowest BCUT2D eigenvalue weighted by molar-refractivity contribution is 0.151. The molecule has 1 atom stereocenters. The van der Waals surface area contributed by atoms with Gasteiger partial charge >= 0.3 is 0 Å². The van der Waals surface area contributed by atoms with Crippen LogP contribution in [0, 0.1) is 5.82 Å². The van der Waals surface area contributed by atoms with Crippen molar-refractivity contribution in [2.75, 3.05) is 45.1 Å². The molecule has 0 bridgehead atoms. The summed E-state index contributed by atoms with van der Waals surface area (Å²) >= 11 is 0. The Hall–Kier alpha value is -1.72. The molecule has 5 heteroatoms. The number of anilines is 1. The van der Waals surface area contributed by atoms with Gasteiger partial charge in [-0.25, -0.2) is 4.39 Å². The monoisotopic (exact) mass is 302 g/mol. The molecule has 2 heterocycles. The number of likely N-dealkylation sites (N-methyl/N-ethyl adjacent to an activating group) is 1. The lowest BCUT2D eigenvalue weighted by Gasteiger charge is -2.34. The highest BCUT2D eigenvalue weighted by molar-refractivity contribution is 5.91. The van der Waals surface area contributed by atoms with Crippen LogP contribution in [0.2, 0.25) is 0 Å². The Morgan fingerprint density at radius 2 is 2.00 bits per heavy atom. The van der Waals surface area contributed by atoms with Crippen LogP contribution in [0.5, 0.6) is 0 Å². The minimum atomic E-state index is -0.248. The lowest BCUT2D eigenvalue weighted by Crippen LogP contribution is -2.47. The molecule has 0 aliphatic carbocycles. The Balaban J connectivity index is 1.67. The Morgan fingerprint density at radius 3 is 2.77 bits per heavy atom. The highest BCUT2D eigenvalue weighted by Crippen LogP contribution is 2.23. The SMILES string of the molecule is CC(CN1CCN(C)CC1)Nc1ccnc2cc(F)ccc12. The van der Waals surface area contributed by atoms with Gasteiger partial charge in [-0.05, 0) is 32.2 Å². The number of pyridine rings is 1. The molecule has 1 aromatic carbocycles. The van der Waals surface area contributed by atoms with Gasteiger partial charge in [0.1, 0.15) is 5.82 Å². The zero-order valence-electron chi connectivity index (χ0n) is 13.2. The molecule has 0 saturated carbocycles. The Bertz CT molecular complexity index is 638. The summed E-state index contributed by atoms with van der Waals surface area (Å²) in [7, 11) is 2.17. The van der Waals surface area contributed by atoms with Crippen LogP contribution in [0.3, 0.4) is 0 Å². The number of hydrogen-bond acceptors (Lipinski definition) is 4. The topological polar surface area (TPSA) is 31.4 Å². The van der Waals surface area contributed by atoms with Crippen LogP contribution in [-0.4, -0.2) is 60.6 Å². The summed E-state index contributed by atoms with van der Waals surface area (Å²) in [5.74, 6) is -0.248. The first-order valence-corrected chi connectivity index (χ1v) is 7.83. The second kappa shape index (κ2) is 6.58. The van der Waals surface area contributed by atoms with E-state index >= 15 is 0 Å². The van der Waals surface area contributed by atoms with Crippen molar-refractivity contribution in [2.24, 2.45) is 0 Å². The van der Waals surface area contributed by atoms with Crippen LogP contribution in [0.4, 0.5) is 10.1 Å². The van der Waals surface area contributed by atoms with E-state index in [1.165, 1.54) is 12.1 Å². The highest BCUT2D eigenvalue weighted by atomic mass is 19.1. The Labute approximate surface area is 130 Å². The summed E-state index contributed by atoms with van der Waals surface area (Å²) in [6.07, 6.45) is 1.73. The third-order valence-electron chi connectivity index (χ3n) is 4.23. The standard InChI is InChI=1S/C17H23FN4/c1-13(12-22-9-7-21(2)8-10-22)20-16-5-6-19-17-11-14(18)3-4-15(16)17/h3-6,11,13H,7-10,12H2,1-2H3,(H,19,20). The smallest absolute Gasteiger partial charge is 0.125 e. The fourth-order valence-electron chi connectivity index (χ4n) is 2.98. The number of rotatable bonds is 4. The molecule has 0 radical (unpaired) electrons. The summed E-state index contributed by atoms with van der Waals surface area (Å²) < 4.78 is 13.3. The molecular formula is C17H23FN4. The van der Waals surface area contributed by atoms with Gasteiger partial charge in [-0.1, -0.05) is 0 Å². The fraction of sp³-hybridized carbons (Fsp3) is 0.471. The molecule has 118 valence electrons. The highest BCUT2D eigenvalue weighted by Gasteiger charge is 2.16. The van der Waals surface area contributed by atoms with Gasteiger partial charge in [0, 0.05) is 62.1 Å². The van der Waals surface area contributed by atoms with Crippen molar-refractivity contribution in [3.63, 3.8) is 0 Å². The predicted octanol–water partition coefficient (Wildman–Crippen LogP) is 2.42. The summed E-state index contributed by atoms with van der Waals surface area (Å²) in [6, 6.07) is 7.05. The van der Waals surface area contributed by atoms with Crippen LogP contribution in [-0.2, 0) is 0 Å². The molecule has 2 aromatic rings. The first kappa shape index (κ1) is 15.2. The molecule has 1 aromatic heterocycles. The van der Waals surface area contributed by atoms with Gasteiger partial charge in [-0.3, -0.25) is 9.88 Å². The van der Waals surface area contributed by atoms with Crippen LogP contribution < -0.4 is 5.32 Å². The molecule has 3 rings (SSSR count). The van der Waals surface area contributed by atoms with E-state index in [4.69, 9.17) is 0 Å². The van der Waals surface area contributed by atoms with Crippen molar-refractivity contribution in [3.05, 3.63) is 36.3 Å². The van der Waals surface area contributed by atoms with Crippen molar-refractivity contribution in [1.82, 2.24) is 14.8 Å². The van der Waals surface area contributed by atoms with E-state index in [-0.39, 0.29) is 5.82 Å². The number of piperazine rings is 1. The van der Waals surface area contributed by atoms with Crippen molar-refractivity contribution < 1.29 is 4.39 Å². The summed E-state index contributed by atoms with van der Waals surface area (Å²) in [6.45, 7) is 7.69. The summed E-state index contributed by atoms with van der Waals surface area (Å²) in [5.41, 5.74) is 1.71. The first-order valence-electron chi connectivity index (χ1n) is 7.83. The number of fused-ring (bicyclic) bond motifs is 1. The van der Waals surface area contributed by atoms with Crippen molar-refractivity contribution in [2.45, 2.75) is 13.0 Å². The Morgan fingerprint density at radius 1 is 1.23 bits per heavy atom. The number of halogens is 1. The van der Waals surface area contributed by atoms with Crippen LogP contribution >= 0.6 is 0 Å². The second-order valence-electron chi connectivity index (χ2n) is 6.17. The average molecular weight is 302 g/mol. The average Bonchev–Trinajstić information content (AvgIpc) is 2.49. The second-order valence-corrected chi connectivity index (χ2v) is 6.17. The number of hydrogen-bond donors (Lipinski definition) is 1. The molecule has 1 aliphatic rings. The number of aromatic nitrogens is 1. The first-order chi connectivity index (χ1) is 10.6. The number of nitrogens with one attached hydrogen (secondary N) is 1. The molecule has 1 saturated heterocycles. The predicted molar refractivity (Wildman–Crippen MR) is 88.7 cm³/mol. The zero-order chi connectivity index (χ0) is 15.5. The molecule has 1 fully saturated rings. The van der Waals surface area contributed by atoms with Gasteiger partial charge in [-0.2, -0.15) is 0 Å². The normalized spacial score (nSPS) is 18.5. The molecule has 0 amide bonds. The molecule has 4 nitrogen and oxygen atoms in total. The molecule has 1 unspecified atom stereocenters. The van der Waals surface area contributed by atoms with E-state index in [0.717, 1.165) is 43.8 Å². The van der Waals surface area contributed by atoms with E-state index < -0.39 is 0 Å². The van der Waals surface area contributed by atoms with Gasteiger partial charge in [0.2, 0.25) is 0 Å². The van der Waals surface area contributed by atoms with Gasteiger partial charge in [0.05, 0.1) is 5.52 Å². The molecular weight excluding hydrogens is 279 g/mol. The largest absolute Gasteiger partial charge is 0.381 e. The van der Waals surface area contributed by atoms with Crippen LogP contribution in [0.15, 0.2) is 30.5 Å². The van der Waals surface area contributed by atoms with Crippen molar-refractivity contribution >= 4 is 16.6 Å². The molecule has 1 N–H and O–H groups in total. The summed E-state index contributed by atoms with van der Waals surface area (Å²) in [4.78, 5) is 9.09. The van der Waals surface area contributed by atoms with E-state index in [1.807, 2.05) is 6.07 Å². The van der Waals surface area contributed by atoms with Crippen molar-refractivity contribution in [3.8, 4) is 0 Å². The van der Waals surface area contributed by atoms with Gasteiger partial charge in [-0.15, -0.1) is 0 Å². The Kier molecular flexibility index (Phi) is 4.55. The van der Waals surface area contributed by atoms with Crippen LogP contribution in [0.25, 0.3) is 10.9 Å². The lowest BCUT2D eigenvalue weighted by atomic mass is 10.1. The van der Waals surface area contributed by atoms with E-state index in [1.54, 1.807) is 12.3 Å². The number of nitrogens with zero attached hydrogens (tertiary/aromatic N) is 3. The van der Waals surface area contributed by atoms with E-state index in [0.29, 0.717) is 11.6 Å². The number of benzene rings is 1. The maximum absolute atomic E-state index is 13.3. The fourth-order valence-corrected chi connectivity index (χ4v) is 2.98. The van der Waals surface area contributed by atoms with Crippen molar-refractivity contribution in [1.29, 1.82) is 0 Å². The minimum absolute atomic E-state index is 0.248. The maximum atomic E-state index is 13.3. The quantitative estimate of drug-likeness (QED) is 0.940.